The van der Waals surface area contributed by atoms with Gasteiger partial charge in [-0.15, -0.1) is 0 Å². The second-order valence-electron chi connectivity index (χ2n) is 6.07. The number of aliphatic imine (C=N–C) groups is 1. The number of aliphatic carboxylic acids is 2. The SMILES string of the molecule is NC(N)=NCCCC(N)C(=O)NC(CS)C(=O)NC(CC(=O)O)C(=O)NCC(=O)O. The van der Waals surface area contributed by atoms with Crippen molar-refractivity contribution in [3.63, 3.8) is 0 Å². The second kappa shape index (κ2) is 14.0. The first-order valence-electron chi connectivity index (χ1n) is 8.71. The van der Waals surface area contributed by atoms with Gasteiger partial charge >= 0.3 is 11.9 Å². The molecule has 0 saturated heterocycles. The maximum atomic E-state index is 12.4. The molecule has 0 rings (SSSR count). The molecule has 3 amide bonds. The summed E-state index contributed by atoms with van der Waals surface area (Å²) in [7, 11) is 0. The molecule has 0 aromatic heterocycles. The lowest BCUT2D eigenvalue weighted by Gasteiger charge is -2.22. The monoisotopic (exact) mass is 449 g/mol. The first-order valence-corrected chi connectivity index (χ1v) is 9.35. The van der Waals surface area contributed by atoms with E-state index in [1.54, 1.807) is 0 Å². The van der Waals surface area contributed by atoms with Gasteiger partial charge in [-0.25, -0.2) is 0 Å². The van der Waals surface area contributed by atoms with E-state index < -0.39 is 60.8 Å². The van der Waals surface area contributed by atoms with Crippen LogP contribution in [-0.2, 0) is 24.0 Å². The fourth-order valence-electron chi connectivity index (χ4n) is 2.07. The molecule has 0 spiro atoms. The summed E-state index contributed by atoms with van der Waals surface area (Å²) in [5.41, 5.74) is 16.1. The average molecular weight is 449 g/mol. The Morgan fingerprint density at radius 2 is 1.53 bits per heavy atom. The highest BCUT2D eigenvalue weighted by molar-refractivity contribution is 7.80. The van der Waals surface area contributed by atoms with Gasteiger partial charge in [0, 0.05) is 12.3 Å². The maximum Gasteiger partial charge on any atom is 0.322 e. The van der Waals surface area contributed by atoms with Crippen LogP contribution in [0, 0.1) is 0 Å². The smallest absolute Gasteiger partial charge is 0.322 e. The molecular weight excluding hydrogens is 422 g/mol. The molecule has 170 valence electrons. The first-order chi connectivity index (χ1) is 14.0. The Balaban J connectivity index is 4.87. The van der Waals surface area contributed by atoms with Gasteiger partial charge in [-0.05, 0) is 12.8 Å². The van der Waals surface area contributed by atoms with E-state index in [4.69, 9.17) is 27.4 Å². The summed E-state index contributed by atoms with van der Waals surface area (Å²) < 4.78 is 0. The van der Waals surface area contributed by atoms with Crippen molar-refractivity contribution in [2.75, 3.05) is 18.8 Å². The predicted molar refractivity (Wildman–Crippen MR) is 108 cm³/mol. The number of carbonyl (C=O) groups is 5. The van der Waals surface area contributed by atoms with Gasteiger partial charge < -0.3 is 43.4 Å². The standard InChI is InChI=1S/C15H27N7O7S/c16-7(2-1-3-19-15(17)18)12(27)22-9(6-30)14(29)21-8(4-10(23)24)13(28)20-5-11(25)26/h7-9,30H,1-6,16H2,(H,20,28)(H,21,29)(H,22,27)(H,23,24)(H,25,26)(H4,17,18,19). The minimum atomic E-state index is -1.55. The normalized spacial score (nSPS) is 13.3. The number of nitrogens with one attached hydrogen (secondary N) is 3. The van der Waals surface area contributed by atoms with Crippen LogP contribution in [0.25, 0.3) is 0 Å². The number of carbonyl (C=O) groups excluding carboxylic acids is 3. The molecule has 0 radical (unpaired) electrons. The zero-order valence-corrected chi connectivity index (χ0v) is 16.9. The molecule has 3 atom stereocenters. The van der Waals surface area contributed by atoms with Crippen LogP contribution in [0.1, 0.15) is 19.3 Å². The zero-order valence-electron chi connectivity index (χ0n) is 16.0. The summed E-state index contributed by atoms with van der Waals surface area (Å²) in [4.78, 5) is 61.7. The quantitative estimate of drug-likeness (QED) is 0.0536. The van der Waals surface area contributed by atoms with Crippen molar-refractivity contribution >= 4 is 48.2 Å². The summed E-state index contributed by atoms with van der Waals surface area (Å²) in [6, 6.07) is -3.74. The van der Waals surface area contributed by atoms with Crippen molar-refractivity contribution in [1.29, 1.82) is 0 Å². The first kappa shape index (κ1) is 26.9. The Kier molecular flexibility index (Phi) is 12.6. The Labute approximate surface area is 177 Å². The molecule has 0 bridgehead atoms. The van der Waals surface area contributed by atoms with Crippen molar-refractivity contribution in [2.24, 2.45) is 22.2 Å². The number of rotatable bonds is 14. The summed E-state index contributed by atoms with van der Waals surface area (Å²) in [6.07, 6.45) is -0.161. The number of amides is 3. The minimum Gasteiger partial charge on any atom is -0.481 e. The van der Waals surface area contributed by atoms with Gasteiger partial charge in [0.15, 0.2) is 5.96 Å². The average Bonchev–Trinajstić information content (AvgIpc) is 2.65. The van der Waals surface area contributed by atoms with E-state index in [0.717, 1.165) is 0 Å². The van der Waals surface area contributed by atoms with Crippen molar-refractivity contribution in [3.05, 3.63) is 0 Å². The van der Waals surface area contributed by atoms with Crippen LogP contribution in [0.15, 0.2) is 4.99 Å². The Morgan fingerprint density at radius 1 is 0.933 bits per heavy atom. The number of carboxylic acids is 2. The largest absolute Gasteiger partial charge is 0.481 e. The number of hydrogen-bond donors (Lipinski definition) is 9. The molecule has 30 heavy (non-hydrogen) atoms. The van der Waals surface area contributed by atoms with E-state index in [2.05, 4.69) is 28.3 Å². The lowest BCUT2D eigenvalue weighted by Crippen LogP contribution is -2.57. The third kappa shape index (κ3) is 11.7. The van der Waals surface area contributed by atoms with Gasteiger partial charge in [-0.2, -0.15) is 12.6 Å². The molecule has 0 aliphatic rings. The molecule has 0 heterocycles. The van der Waals surface area contributed by atoms with Crippen LogP contribution < -0.4 is 33.2 Å². The van der Waals surface area contributed by atoms with Gasteiger partial charge in [0.25, 0.3) is 0 Å². The van der Waals surface area contributed by atoms with E-state index in [1.807, 2.05) is 5.32 Å². The van der Waals surface area contributed by atoms with Crippen LogP contribution >= 0.6 is 12.6 Å². The van der Waals surface area contributed by atoms with Crippen LogP contribution in [0.2, 0.25) is 0 Å². The Morgan fingerprint density at radius 3 is 2.03 bits per heavy atom. The lowest BCUT2D eigenvalue weighted by atomic mass is 10.1. The van der Waals surface area contributed by atoms with Crippen molar-refractivity contribution < 1.29 is 34.2 Å². The molecule has 0 aliphatic heterocycles. The fraction of sp³-hybridized carbons (Fsp3) is 0.600. The summed E-state index contributed by atoms with van der Waals surface area (Å²) >= 11 is 3.96. The van der Waals surface area contributed by atoms with Gasteiger partial charge in [-0.3, -0.25) is 29.0 Å². The van der Waals surface area contributed by atoms with Gasteiger partial charge in [0.1, 0.15) is 18.6 Å². The van der Waals surface area contributed by atoms with E-state index in [-0.39, 0.29) is 24.7 Å². The van der Waals surface area contributed by atoms with Gasteiger partial charge in [0.05, 0.1) is 12.5 Å². The maximum absolute atomic E-state index is 12.4. The number of guanidine groups is 1. The third-order valence-corrected chi connectivity index (χ3v) is 3.91. The highest BCUT2D eigenvalue weighted by Crippen LogP contribution is 2.00. The summed E-state index contributed by atoms with van der Waals surface area (Å²) in [5, 5.41) is 24.0. The number of thiol groups is 1. The number of nitrogens with zero attached hydrogens (tertiary/aromatic N) is 1. The van der Waals surface area contributed by atoms with E-state index in [0.29, 0.717) is 6.42 Å². The van der Waals surface area contributed by atoms with E-state index in [1.165, 1.54) is 0 Å². The highest BCUT2D eigenvalue weighted by Gasteiger charge is 2.28. The van der Waals surface area contributed by atoms with E-state index in [9.17, 15) is 24.0 Å². The highest BCUT2D eigenvalue weighted by atomic mass is 32.1. The van der Waals surface area contributed by atoms with E-state index >= 15 is 0 Å². The molecular formula is C15H27N7O7S. The molecule has 14 nitrogen and oxygen atoms in total. The minimum absolute atomic E-state index is 0.0943. The predicted octanol–water partition coefficient (Wildman–Crippen LogP) is -4.06. The molecule has 15 heteroatoms. The Bertz CT molecular complexity index is 670. The Hall–Kier alpha value is -3.07. The van der Waals surface area contributed by atoms with Crippen LogP contribution in [0.4, 0.5) is 0 Å². The topological polar surface area (TPSA) is 252 Å². The molecule has 0 aromatic rings. The van der Waals surface area contributed by atoms with Crippen molar-refractivity contribution in [1.82, 2.24) is 16.0 Å². The molecule has 0 fully saturated rings. The van der Waals surface area contributed by atoms with Gasteiger partial charge in [0.2, 0.25) is 17.7 Å². The van der Waals surface area contributed by atoms with Crippen molar-refractivity contribution in [3.8, 4) is 0 Å². The second-order valence-corrected chi connectivity index (χ2v) is 6.43. The lowest BCUT2D eigenvalue weighted by molar-refractivity contribution is -0.141. The summed E-state index contributed by atoms with van der Waals surface area (Å²) in [6.45, 7) is -0.492. The number of carboxylic acid groups (broad SMARTS) is 2. The van der Waals surface area contributed by atoms with Crippen LogP contribution in [-0.4, -0.2) is 82.8 Å². The number of hydrogen-bond acceptors (Lipinski definition) is 8. The van der Waals surface area contributed by atoms with Gasteiger partial charge in [-0.1, -0.05) is 0 Å². The number of nitrogens with two attached hydrogens (primary N) is 3. The molecule has 0 aromatic carbocycles. The zero-order chi connectivity index (χ0) is 23.3. The molecule has 3 unspecified atom stereocenters. The van der Waals surface area contributed by atoms with Crippen LogP contribution in [0.3, 0.4) is 0 Å². The van der Waals surface area contributed by atoms with Crippen molar-refractivity contribution in [2.45, 2.75) is 37.4 Å². The summed E-state index contributed by atoms with van der Waals surface area (Å²) in [5.74, 6) is -5.58. The third-order valence-electron chi connectivity index (χ3n) is 3.55. The molecule has 0 aliphatic carbocycles. The van der Waals surface area contributed by atoms with Crippen LogP contribution in [0.5, 0.6) is 0 Å². The fourth-order valence-corrected chi connectivity index (χ4v) is 2.32. The molecule has 11 N–H and O–H groups in total. The molecule has 0 saturated carbocycles.